The number of β-lactam (4-membered cyclic amide) rings is 1. The second-order valence-electron chi connectivity index (χ2n) is 8.87. The van der Waals surface area contributed by atoms with Gasteiger partial charge in [-0.2, -0.15) is 9.36 Å². The molecule has 17 heteroatoms. The molecule has 210 valence electrons. The zero-order valence-corrected chi connectivity index (χ0v) is 22.8. The molecule has 3 aromatic rings. The molecule has 0 radical (unpaired) electrons. The van der Waals surface area contributed by atoms with Crippen molar-refractivity contribution in [2.24, 2.45) is 5.16 Å². The van der Waals surface area contributed by atoms with Crippen molar-refractivity contribution in [2.45, 2.75) is 44.3 Å². The second-order valence-corrected chi connectivity index (χ2v) is 10.8. The molecule has 0 saturated carbocycles. The van der Waals surface area contributed by atoms with Crippen LogP contribution in [0.3, 0.4) is 0 Å². The number of aromatic nitrogens is 5. The number of nitrogens with zero attached hydrogens (tertiary/aromatic N) is 7. The highest BCUT2D eigenvalue weighted by molar-refractivity contribution is 8.00. The van der Waals surface area contributed by atoms with Crippen molar-refractivity contribution in [3.8, 4) is 0 Å². The Morgan fingerprint density at radius 1 is 1.43 bits per heavy atom. The van der Waals surface area contributed by atoms with E-state index in [0.29, 0.717) is 11.2 Å². The lowest BCUT2D eigenvalue weighted by atomic mass is 10.0. The van der Waals surface area contributed by atoms with E-state index < -0.39 is 41.8 Å². The van der Waals surface area contributed by atoms with Crippen LogP contribution in [0.2, 0.25) is 0 Å². The number of amides is 2. The monoisotopic (exact) mass is 589 g/mol. The number of hydrogen-bond acceptors (Lipinski definition) is 12. The van der Waals surface area contributed by atoms with E-state index in [1.165, 1.54) is 11.8 Å². The number of alkyl halides is 1. The Morgan fingerprint density at radius 3 is 2.95 bits per heavy atom. The first kappa shape index (κ1) is 27.4. The zero-order chi connectivity index (χ0) is 28.4. The summed E-state index contributed by atoms with van der Waals surface area (Å²) in [5, 5.41) is 17.5. The van der Waals surface area contributed by atoms with Gasteiger partial charge in [0.05, 0.1) is 17.9 Å². The van der Waals surface area contributed by atoms with Gasteiger partial charge in [0.15, 0.2) is 5.13 Å². The van der Waals surface area contributed by atoms with Gasteiger partial charge in [0, 0.05) is 29.4 Å². The molecule has 2 aliphatic heterocycles. The average Bonchev–Trinajstić information content (AvgIpc) is 3.56. The van der Waals surface area contributed by atoms with Crippen molar-refractivity contribution < 1.29 is 33.3 Å². The Balaban J connectivity index is 1.36. The number of halogens is 1. The van der Waals surface area contributed by atoms with Gasteiger partial charge < -0.3 is 30.4 Å². The first-order valence-corrected chi connectivity index (χ1v) is 14.0. The number of thioether (sulfide) groups is 1. The molecular formula is C23H24FN9O5S2. The summed E-state index contributed by atoms with van der Waals surface area (Å²) in [5.74, 6) is -2.99. The van der Waals surface area contributed by atoms with Crippen molar-refractivity contribution in [3.63, 3.8) is 0 Å². The largest absolute Gasteiger partial charge is 0.543 e. The molecule has 2 aliphatic rings. The van der Waals surface area contributed by atoms with Crippen LogP contribution in [0.25, 0.3) is 11.2 Å². The van der Waals surface area contributed by atoms with E-state index in [0.717, 1.165) is 41.3 Å². The van der Waals surface area contributed by atoms with Gasteiger partial charge in [0.2, 0.25) is 17.9 Å². The molecule has 3 N–H and O–H groups in total. The summed E-state index contributed by atoms with van der Waals surface area (Å²) in [6, 6.07) is 2.73. The molecule has 5 rings (SSSR count). The topological polar surface area (TPSA) is 185 Å². The summed E-state index contributed by atoms with van der Waals surface area (Å²) in [4.78, 5) is 52.1. The summed E-state index contributed by atoms with van der Waals surface area (Å²) >= 11 is 2.08. The Labute approximate surface area is 234 Å². The number of rotatable bonds is 11. The molecule has 5 heterocycles. The summed E-state index contributed by atoms with van der Waals surface area (Å²) < 4.78 is 20.3. The molecular weight excluding hydrogens is 565 g/mol. The van der Waals surface area contributed by atoms with Gasteiger partial charge in [-0.15, -0.1) is 11.8 Å². The van der Waals surface area contributed by atoms with Crippen molar-refractivity contribution in [3.05, 3.63) is 41.8 Å². The van der Waals surface area contributed by atoms with Crippen molar-refractivity contribution in [1.82, 2.24) is 29.1 Å². The van der Waals surface area contributed by atoms with Crippen molar-refractivity contribution in [2.75, 3.05) is 18.3 Å². The number of fused-ring (bicyclic) bond motifs is 2. The fourth-order valence-electron chi connectivity index (χ4n) is 4.53. The Morgan fingerprint density at radius 2 is 2.25 bits per heavy atom. The number of aryl methyl sites for hydroxylation is 1. The zero-order valence-electron chi connectivity index (χ0n) is 21.2. The number of unbranched alkanes of at least 4 members (excludes halogenated alkanes) is 1. The van der Waals surface area contributed by atoms with Gasteiger partial charge in [0.1, 0.15) is 23.5 Å². The maximum atomic E-state index is 13.1. The van der Waals surface area contributed by atoms with Gasteiger partial charge in [-0.05, 0) is 23.5 Å². The first-order chi connectivity index (χ1) is 19.3. The molecule has 3 aromatic heterocycles. The molecule has 0 bridgehead atoms. The molecule has 1 fully saturated rings. The number of pyridine rings is 1. The van der Waals surface area contributed by atoms with E-state index in [1.54, 1.807) is 12.5 Å². The van der Waals surface area contributed by atoms with Gasteiger partial charge in [-0.1, -0.05) is 18.5 Å². The fraction of sp³-hybridized carbons (Fsp3) is 0.391. The lowest BCUT2D eigenvalue weighted by Crippen LogP contribution is -2.71. The Hall–Kier alpha value is -4.12. The van der Waals surface area contributed by atoms with Crippen LogP contribution in [0.5, 0.6) is 0 Å². The van der Waals surface area contributed by atoms with Crippen LogP contribution >= 0.6 is 23.3 Å². The van der Waals surface area contributed by atoms with Gasteiger partial charge in [0.25, 0.3) is 18.7 Å². The SMILES string of the molecule is CCCCn1cnc2c1ccc[n+]2CC1=C(C(=O)[O-])N2C(=O)C(NC(=O)/C(=N\OCF)c3nsc(N)n3)C2SC1. The number of carboxylic acids is 1. The third-order valence-electron chi connectivity index (χ3n) is 6.36. The highest BCUT2D eigenvalue weighted by atomic mass is 32.2. The first-order valence-electron chi connectivity index (χ1n) is 12.2. The second kappa shape index (κ2) is 11.5. The Bertz CT molecular complexity index is 1540. The van der Waals surface area contributed by atoms with Gasteiger partial charge in [-0.3, -0.25) is 14.5 Å². The van der Waals surface area contributed by atoms with Crippen molar-refractivity contribution >= 4 is 63.1 Å². The summed E-state index contributed by atoms with van der Waals surface area (Å²) in [6.07, 6.45) is 5.59. The van der Waals surface area contributed by atoms with Gasteiger partial charge in [-0.25, -0.2) is 8.96 Å². The quantitative estimate of drug-likeness (QED) is 0.126. The molecule has 0 aromatic carbocycles. The van der Waals surface area contributed by atoms with Crippen LogP contribution in [-0.2, 0) is 32.3 Å². The lowest BCUT2D eigenvalue weighted by molar-refractivity contribution is -0.664. The minimum absolute atomic E-state index is 0.0435. The number of nitrogen functional groups attached to an aromatic ring is 1. The number of hydrogen-bond donors (Lipinski definition) is 2. The predicted octanol–water partition coefficient (Wildman–Crippen LogP) is -0.691. The van der Waals surface area contributed by atoms with E-state index in [-0.39, 0.29) is 29.0 Å². The lowest BCUT2D eigenvalue weighted by Gasteiger charge is -2.50. The highest BCUT2D eigenvalue weighted by Gasteiger charge is 2.53. The molecule has 14 nitrogen and oxygen atoms in total. The Kier molecular flexibility index (Phi) is 7.92. The number of nitrogens with one attached hydrogen (secondary N) is 1. The number of carbonyl (C=O) groups excluding carboxylic acids is 3. The number of aliphatic carboxylic acids is 1. The third-order valence-corrected chi connectivity index (χ3v) is 8.25. The predicted molar refractivity (Wildman–Crippen MR) is 140 cm³/mol. The van der Waals surface area contributed by atoms with Crippen LogP contribution in [-0.4, -0.2) is 71.3 Å². The average molecular weight is 590 g/mol. The normalized spacial score (nSPS) is 19.0. The molecule has 2 amide bonds. The van der Waals surface area contributed by atoms with E-state index >= 15 is 0 Å². The number of carboxylic acid groups (broad SMARTS) is 1. The third kappa shape index (κ3) is 5.08. The fourth-order valence-corrected chi connectivity index (χ4v) is 6.30. The van der Waals surface area contributed by atoms with E-state index in [2.05, 4.69) is 36.6 Å². The van der Waals surface area contributed by atoms with Crippen LogP contribution < -0.4 is 20.7 Å². The van der Waals surface area contributed by atoms with Crippen molar-refractivity contribution in [1.29, 1.82) is 0 Å². The van der Waals surface area contributed by atoms with E-state index in [1.807, 2.05) is 21.3 Å². The summed E-state index contributed by atoms with van der Waals surface area (Å²) in [7, 11) is 0. The maximum absolute atomic E-state index is 13.1. The number of imidazole rings is 1. The maximum Gasteiger partial charge on any atom is 0.349 e. The van der Waals surface area contributed by atoms with Gasteiger partial charge >= 0.3 is 5.65 Å². The summed E-state index contributed by atoms with van der Waals surface area (Å²) in [5.41, 5.74) is 6.93. The minimum atomic E-state index is -1.50. The molecule has 0 spiro atoms. The number of carbonyl (C=O) groups is 3. The minimum Gasteiger partial charge on any atom is -0.543 e. The standard InChI is InChI=1S/C23H24FN9O5S2/c1-2-3-6-32-11-26-18-13(32)5-4-7-31(18)8-12-9-39-21-15(20(35)33(21)16(12)22(36)37)27-19(34)14(29-38-10-24)17-28-23(25)40-30-17/h4-5,7,11,15,21H,2-3,6,8-10H2,1H3,(H3-,25,27,28,30,34,36,37)/b29-14-. The summed E-state index contributed by atoms with van der Waals surface area (Å²) in [6.45, 7) is 1.80. The van der Waals surface area contributed by atoms with Crippen LogP contribution in [0, 0.1) is 0 Å². The number of anilines is 1. The van der Waals surface area contributed by atoms with Crippen LogP contribution in [0.1, 0.15) is 25.6 Å². The molecule has 40 heavy (non-hydrogen) atoms. The number of oxime groups is 1. The van der Waals surface area contributed by atoms with Crippen LogP contribution in [0.15, 0.2) is 41.1 Å². The van der Waals surface area contributed by atoms with E-state index in [9.17, 15) is 23.9 Å². The van der Waals surface area contributed by atoms with E-state index in [4.69, 9.17) is 5.73 Å². The number of nitrogens with two attached hydrogens (primary N) is 1. The van der Waals surface area contributed by atoms with Crippen LogP contribution in [0.4, 0.5) is 9.52 Å². The molecule has 2 unspecified atom stereocenters. The highest BCUT2D eigenvalue weighted by Crippen LogP contribution is 2.40. The smallest absolute Gasteiger partial charge is 0.349 e. The molecule has 0 aliphatic carbocycles. The molecule has 1 saturated heterocycles. The molecule has 2 atom stereocenters.